The number of nitrogens with one attached hydrogen (secondary N) is 1. The van der Waals surface area contributed by atoms with Crippen LogP contribution in [0, 0.1) is 5.41 Å². The molecule has 0 aromatic carbocycles. The van der Waals surface area contributed by atoms with E-state index in [1.54, 1.807) is 0 Å². The van der Waals surface area contributed by atoms with E-state index in [0.717, 1.165) is 6.54 Å². The fourth-order valence-corrected chi connectivity index (χ4v) is 2.98. The number of nitrogens with zero attached hydrogens (tertiary/aromatic N) is 1. The van der Waals surface area contributed by atoms with Crippen molar-refractivity contribution in [2.75, 3.05) is 19.6 Å². The summed E-state index contributed by atoms with van der Waals surface area (Å²) in [5, 5.41) is 3.63. The Morgan fingerprint density at radius 1 is 1.11 bits per heavy atom. The summed E-state index contributed by atoms with van der Waals surface area (Å²) in [5.41, 5.74) is 0.883. The topological polar surface area (TPSA) is 15.3 Å². The molecule has 1 N–H and O–H groups in total. The van der Waals surface area contributed by atoms with Gasteiger partial charge in [0.1, 0.15) is 0 Å². The zero-order valence-corrected chi connectivity index (χ0v) is 13.5. The minimum Gasteiger partial charge on any atom is -0.311 e. The zero-order valence-electron chi connectivity index (χ0n) is 13.5. The van der Waals surface area contributed by atoms with E-state index < -0.39 is 0 Å². The summed E-state index contributed by atoms with van der Waals surface area (Å²) in [7, 11) is 0. The molecule has 0 aromatic rings. The van der Waals surface area contributed by atoms with Gasteiger partial charge < -0.3 is 5.32 Å². The van der Waals surface area contributed by atoms with E-state index in [1.807, 2.05) is 0 Å². The van der Waals surface area contributed by atoms with Crippen molar-refractivity contribution >= 4 is 0 Å². The molecular weight excluding hydrogens is 220 g/mol. The molecule has 0 aromatic heterocycles. The normalized spacial score (nSPS) is 23.0. The van der Waals surface area contributed by atoms with Crippen molar-refractivity contribution in [3.63, 3.8) is 0 Å². The van der Waals surface area contributed by atoms with Gasteiger partial charge in [0.15, 0.2) is 0 Å². The summed E-state index contributed by atoms with van der Waals surface area (Å²) >= 11 is 0. The van der Waals surface area contributed by atoms with Crippen molar-refractivity contribution in [1.29, 1.82) is 0 Å². The van der Waals surface area contributed by atoms with Gasteiger partial charge in [-0.05, 0) is 59.0 Å². The Labute approximate surface area is 115 Å². The number of piperidine rings is 1. The average molecular weight is 254 g/mol. The molecule has 108 valence electrons. The summed E-state index contributed by atoms with van der Waals surface area (Å²) in [4.78, 5) is 2.67. The SMILES string of the molecule is CCC1(CC)CCN(C(C)CNC(C)(C)C)CC1. The third kappa shape index (κ3) is 4.55. The van der Waals surface area contributed by atoms with Gasteiger partial charge in [-0.15, -0.1) is 0 Å². The van der Waals surface area contributed by atoms with Crippen LogP contribution in [-0.4, -0.2) is 36.1 Å². The lowest BCUT2D eigenvalue weighted by Crippen LogP contribution is -2.50. The first-order chi connectivity index (χ1) is 8.32. The van der Waals surface area contributed by atoms with Crippen LogP contribution in [-0.2, 0) is 0 Å². The molecule has 0 bridgehead atoms. The van der Waals surface area contributed by atoms with Crippen LogP contribution in [0.25, 0.3) is 0 Å². The van der Waals surface area contributed by atoms with Crippen molar-refractivity contribution in [3.8, 4) is 0 Å². The second-order valence-corrected chi connectivity index (χ2v) is 7.22. The van der Waals surface area contributed by atoms with Crippen LogP contribution in [0.2, 0.25) is 0 Å². The Morgan fingerprint density at radius 3 is 2.00 bits per heavy atom. The number of rotatable bonds is 5. The maximum Gasteiger partial charge on any atom is 0.0192 e. The molecule has 0 saturated carbocycles. The van der Waals surface area contributed by atoms with Gasteiger partial charge >= 0.3 is 0 Å². The van der Waals surface area contributed by atoms with Crippen LogP contribution in [0.1, 0.15) is 67.2 Å². The van der Waals surface area contributed by atoms with E-state index in [4.69, 9.17) is 0 Å². The lowest BCUT2D eigenvalue weighted by atomic mass is 9.74. The van der Waals surface area contributed by atoms with Gasteiger partial charge in [-0.2, -0.15) is 0 Å². The highest BCUT2D eigenvalue weighted by Gasteiger charge is 2.32. The van der Waals surface area contributed by atoms with Crippen LogP contribution in [0.3, 0.4) is 0 Å². The molecule has 2 heteroatoms. The Bertz CT molecular complexity index is 228. The summed E-state index contributed by atoms with van der Waals surface area (Å²) in [6.45, 7) is 17.5. The molecule has 1 fully saturated rings. The van der Waals surface area contributed by atoms with Crippen LogP contribution in [0.5, 0.6) is 0 Å². The van der Waals surface area contributed by atoms with Crippen molar-refractivity contribution in [2.24, 2.45) is 5.41 Å². The molecular formula is C16H34N2. The molecule has 0 amide bonds. The fourth-order valence-electron chi connectivity index (χ4n) is 2.98. The molecule has 2 nitrogen and oxygen atoms in total. The number of likely N-dealkylation sites (tertiary alicyclic amines) is 1. The molecule has 18 heavy (non-hydrogen) atoms. The molecule has 0 aliphatic carbocycles. The van der Waals surface area contributed by atoms with E-state index in [1.165, 1.54) is 38.8 Å². The van der Waals surface area contributed by atoms with Gasteiger partial charge in [-0.3, -0.25) is 4.90 Å². The summed E-state index contributed by atoms with van der Waals surface area (Å²) < 4.78 is 0. The molecule has 0 radical (unpaired) electrons. The Kier molecular flexibility index (Phi) is 5.67. The molecule has 1 rings (SSSR count). The summed E-state index contributed by atoms with van der Waals surface area (Å²) in [5.74, 6) is 0. The van der Waals surface area contributed by atoms with E-state index in [9.17, 15) is 0 Å². The Morgan fingerprint density at radius 2 is 1.61 bits per heavy atom. The highest BCUT2D eigenvalue weighted by Crippen LogP contribution is 2.38. The minimum atomic E-state index is 0.237. The zero-order chi connectivity index (χ0) is 13.8. The molecule has 1 aliphatic rings. The number of hydrogen-bond donors (Lipinski definition) is 1. The van der Waals surface area contributed by atoms with Gasteiger partial charge in [-0.1, -0.05) is 26.7 Å². The third-order valence-corrected chi connectivity index (χ3v) is 4.91. The lowest BCUT2D eigenvalue weighted by molar-refractivity contribution is 0.0690. The monoisotopic (exact) mass is 254 g/mol. The second-order valence-electron chi connectivity index (χ2n) is 7.22. The van der Waals surface area contributed by atoms with Crippen molar-refractivity contribution in [2.45, 2.75) is 78.8 Å². The quantitative estimate of drug-likeness (QED) is 0.805. The van der Waals surface area contributed by atoms with Crippen molar-refractivity contribution in [1.82, 2.24) is 10.2 Å². The summed E-state index contributed by atoms with van der Waals surface area (Å²) in [6, 6.07) is 0.663. The number of hydrogen-bond acceptors (Lipinski definition) is 2. The maximum atomic E-state index is 3.63. The first-order valence-corrected chi connectivity index (χ1v) is 7.81. The van der Waals surface area contributed by atoms with Crippen molar-refractivity contribution in [3.05, 3.63) is 0 Å². The maximum absolute atomic E-state index is 3.63. The fraction of sp³-hybridized carbons (Fsp3) is 1.00. The lowest BCUT2D eigenvalue weighted by Gasteiger charge is -2.43. The van der Waals surface area contributed by atoms with Gasteiger partial charge in [0, 0.05) is 18.1 Å². The van der Waals surface area contributed by atoms with Gasteiger partial charge in [-0.25, -0.2) is 0 Å². The standard InChI is InChI=1S/C16H34N2/c1-7-16(8-2)9-11-18(12-10-16)14(3)13-17-15(4,5)6/h14,17H,7-13H2,1-6H3. The molecule has 0 spiro atoms. The Balaban J connectivity index is 2.38. The average Bonchev–Trinajstić information content (AvgIpc) is 2.35. The van der Waals surface area contributed by atoms with E-state index in [0.29, 0.717) is 11.5 Å². The first-order valence-electron chi connectivity index (χ1n) is 7.81. The first kappa shape index (κ1) is 16.0. The van der Waals surface area contributed by atoms with E-state index in [-0.39, 0.29) is 5.54 Å². The van der Waals surface area contributed by atoms with Crippen LogP contribution >= 0.6 is 0 Å². The molecule has 1 atom stereocenters. The van der Waals surface area contributed by atoms with Crippen LogP contribution in [0.15, 0.2) is 0 Å². The largest absolute Gasteiger partial charge is 0.311 e. The van der Waals surface area contributed by atoms with Gasteiger partial charge in [0.2, 0.25) is 0 Å². The van der Waals surface area contributed by atoms with Crippen LogP contribution < -0.4 is 5.32 Å². The molecule has 1 heterocycles. The van der Waals surface area contributed by atoms with Crippen molar-refractivity contribution < 1.29 is 0 Å². The van der Waals surface area contributed by atoms with Crippen LogP contribution in [0.4, 0.5) is 0 Å². The predicted molar refractivity (Wildman–Crippen MR) is 81.0 cm³/mol. The minimum absolute atomic E-state index is 0.237. The molecule has 1 unspecified atom stereocenters. The molecule has 1 saturated heterocycles. The Hall–Kier alpha value is -0.0800. The van der Waals surface area contributed by atoms with E-state index >= 15 is 0 Å². The molecule has 1 aliphatic heterocycles. The smallest absolute Gasteiger partial charge is 0.0192 e. The third-order valence-electron chi connectivity index (χ3n) is 4.91. The highest BCUT2D eigenvalue weighted by atomic mass is 15.2. The summed E-state index contributed by atoms with van der Waals surface area (Å²) in [6.07, 6.45) is 5.48. The predicted octanol–water partition coefficient (Wildman–Crippen LogP) is 3.67. The highest BCUT2D eigenvalue weighted by molar-refractivity contribution is 4.86. The van der Waals surface area contributed by atoms with E-state index in [2.05, 4.69) is 51.8 Å². The second kappa shape index (κ2) is 6.38. The van der Waals surface area contributed by atoms with Gasteiger partial charge in [0.05, 0.1) is 0 Å². The van der Waals surface area contributed by atoms with Gasteiger partial charge in [0.25, 0.3) is 0 Å².